The van der Waals surface area contributed by atoms with Crippen molar-refractivity contribution in [2.75, 3.05) is 19.0 Å². The van der Waals surface area contributed by atoms with E-state index in [0.29, 0.717) is 16.9 Å². The zero-order chi connectivity index (χ0) is 24.2. The Balaban J connectivity index is 1.58. The lowest BCUT2D eigenvalue weighted by atomic mass is 10.0. The van der Waals surface area contributed by atoms with E-state index < -0.39 is 24.5 Å². The fraction of sp³-hybridized carbons (Fsp3) is 0.120. The van der Waals surface area contributed by atoms with Gasteiger partial charge in [-0.3, -0.25) is 9.59 Å². The Morgan fingerprint density at radius 3 is 2.50 bits per heavy atom. The molecule has 0 atom stereocenters. The summed E-state index contributed by atoms with van der Waals surface area (Å²) in [5.41, 5.74) is 1.20. The highest BCUT2D eigenvalue weighted by molar-refractivity contribution is 7.12. The monoisotopic (exact) mass is 477 g/mol. The summed E-state index contributed by atoms with van der Waals surface area (Å²) in [7, 11) is 1.24. The summed E-state index contributed by atoms with van der Waals surface area (Å²) < 4.78 is 15.8. The maximum Gasteiger partial charge on any atom is 0.350 e. The van der Waals surface area contributed by atoms with E-state index in [1.54, 1.807) is 42.6 Å². The Hall–Kier alpha value is -4.24. The lowest BCUT2D eigenvalue weighted by Gasteiger charge is -2.11. The Morgan fingerprint density at radius 2 is 1.76 bits per heavy atom. The van der Waals surface area contributed by atoms with Crippen LogP contribution >= 0.6 is 11.3 Å². The van der Waals surface area contributed by atoms with E-state index in [2.05, 4.69) is 10.1 Å². The number of esters is 2. The molecule has 2 aromatic carbocycles. The second-order valence-corrected chi connectivity index (χ2v) is 8.13. The molecule has 2 heterocycles. The van der Waals surface area contributed by atoms with Gasteiger partial charge in [-0.2, -0.15) is 0 Å². The predicted molar refractivity (Wildman–Crippen MR) is 127 cm³/mol. The number of hydrogen-bond acceptors (Lipinski definition) is 8. The SMILES string of the molecule is COC(=O)c1sccc1NC(=O)COC(=O)c1cccc2c(=O)c(C)c(-c3ccccc3)oc12. The van der Waals surface area contributed by atoms with Crippen LogP contribution in [0.2, 0.25) is 0 Å². The van der Waals surface area contributed by atoms with Gasteiger partial charge in [0.05, 0.1) is 18.2 Å². The van der Waals surface area contributed by atoms with Crippen molar-refractivity contribution < 1.29 is 28.3 Å². The number of rotatable bonds is 6. The molecule has 8 nitrogen and oxygen atoms in total. The highest BCUT2D eigenvalue weighted by Gasteiger charge is 2.21. The van der Waals surface area contributed by atoms with Crippen molar-refractivity contribution in [3.63, 3.8) is 0 Å². The number of para-hydroxylation sites is 1. The fourth-order valence-electron chi connectivity index (χ4n) is 3.39. The normalized spacial score (nSPS) is 10.6. The topological polar surface area (TPSA) is 112 Å². The van der Waals surface area contributed by atoms with Gasteiger partial charge < -0.3 is 19.2 Å². The number of nitrogens with one attached hydrogen (secondary N) is 1. The molecule has 0 spiro atoms. The van der Waals surface area contributed by atoms with Crippen LogP contribution in [0.4, 0.5) is 5.69 Å². The largest absolute Gasteiger partial charge is 0.465 e. The highest BCUT2D eigenvalue weighted by atomic mass is 32.1. The van der Waals surface area contributed by atoms with Crippen LogP contribution < -0.4 is 10.7 Å². The van der Waals surface area contributed by atoms with Gasteiger partial charge in [0.2, 0.25) is 0 Å². The third-order valence-corrected chi connectivity index (χ3v) is 5.94. The number of fused-ring (bicyclic) bond motifs is 1. The molecule has 4 rings (SSSR count). The first kappa shape index (κ1) is 22.9. The molecule has 1 amide bonds. The summed E-state index contributed by atoms with van der Waals surface area (Å²) in [6.07, 6.45) is 0. The lowest BCUT2D eigenvalue weighted by molar-refractivity contribution is -0.119. The van der Waals surface area contributed by atoms with Crippen LogP contribution in [-0.4, -0.2) is 31.6 Å². The highest BCUT2D eigenvalue weighted by Crippen LogP contribution is 2.28. The van der Waals surface area contributed by atoms with Crippen LogP contribution in [0.15, 0.2) is 69.2 Å². The Kier molecular flexibility index (Phi) is 6.55. The van der Waals surface area contributed by atoms with Crippen molar-refractivity contribution in [1.29, 1.82) is 0 Å². The zero-order valence-electron chi connectivity index (χ0n) is 18.2. The predicted octanol–water partition coefficient (Wildman–Crippen LogP) is 4.41. The molecule has 0 aliphatic heterocycles. The summed E-state index contributed by atoms with van der Waals surface area (Å²) >= 11 is 1.11. The molecule has 0 bridgehead atoms. The van der Waals surface area contributed by atoms with Crippen LogP contribution in [0.3, 0.4) is 0 Å². The number of carbonyl (C=O) groups is 3. The smallest absolute Gasteiger partial charge is 0.350 e. The number of benzene rings is 2. The van der Waals surface area contributed by atoms with Gasteiger partial charge in [-0.15, -0.1) is 11.3 Å². The van der Waals surface area contributed by atoms with Crippen molar-refractivity contribution in [3.8, 4) is 11.3 Å². The third-order valence-electron chi connectivity index (χ3n) is 5.05. The molecule has 2 aromatic heterocycles. The Labute approximate surface area is 197 Å². The lowest BCUT2D eigenvalue weighted by Crippen LogP contribution is -2.22. The minimum absolute atomic E-state index is 0.0189. The van der Waals surface area contributed by atoms with Crippen molar-refractivity contribution in [1.82, 2.24) is 0 Å². The van der Waals surface area contributed by atoms with Crippen LogP contribution in [0.1, 0.15) is 25.6 Å². The number of ether oxygens (including phenoxy) is 2. The van der Waals surface area contributed by atoms with Crippen LogP contribution in [-0.2, 0) is 14.3 Å². The third kappa shape index (κ3) is 4.46. The number of anilines is 1. The number of methoxy groups -OCH3 is 1. The molecule has 0 unspecified atom stereocenters. The molecule has 1 N–H and O–H groups in total. The van der Waals surface area contributed by atoms with E-state index in [4.69, 9.17) is 9.15 Å². The van der Waals surface area contributed by atoms with E-state index >= 15 is 0 Å². The van der Waals surface area contributed by atoms with E-state index in [-0.39, 0.29) is 32.5 Å². The van der Waals surface area contributed by atoms with Crippen LogP contribution in [0, 0.1) is 6.92 Å². The van der Waals surface area contributed by atoms with E-state index in [9.17, 15) is 19.2 Å². The van der Waals surface area contributed by atoms with Gasteiger partial charge in [0.25, 0.3) is 5.91 Å². The van der Waals surface area contributed by atoms with Gasteiger partial charge in [-0.05, 0) is 30.5 Å². The van der Waals surface area contributed by atoms with Gasteiger partial charge in [0, 0.05) is 11.1 Å². The van der Waals surface area contributed by atoms with Crippen molar-refractivity contribution >= 4 is 45.8 Å². The average Bonchev–Trinajstić information content (AvgIpc) is 3.32. The first-order valence-electron chi connectivity index (χ1n) is 10.2. The van der Waals surface area contributed by atoms with Gasteiger partial charge in [0.1, 0.15) is 16.2 Å². The molecule has 9 heteroatoms. The molecule has 34 heavy (non-hydrogen) atoms. The fourth-order valence-corrected chi connectivity index (χ4v) is 4.15. The van der Waals surface area contributed by atoms with Gasteiger partial charge in [-0.25, -0.2) is 9.59 Å². The van der Waals surface area contributed by atoms with E-state index in [1.165, 1.54) is 13.2 Å². The number of amides is 1. The molecule has 0 saturated carbocycles. The second-order valence-electron chi connectivity index (χ2n) is 7.21. The van der Waals surface area contributed by atoms with Crippen LogP contribution in [0.5, 0.6) is 0 Å². The molecule has 0 aliphatic carbocycles. The Morgan fingerprint density at radius 1 is 1.00 bits per heavy atom. The standard InChI is InChI=1S/C25H19NO7S/c1-14-20(28)16-9-6-10-17(22(16)33-21(14)15-7-4-3-5-8-15)24(29)32-13-19(27)26-18-11-12-34-23(18)25(30)31-2/h3-12H,13H2,1-2H3,(H,26,27). The maximum atomic E-state index is 12.9. The average molecular weight is 477 g/mol. The summed E-state index contributed by atoms with van der Waals surface area (Å²) in [5.74, 6) is -1.70. The number of hydrogen-bond donors (Lipinski definition) is 1. The molecule has 0 radical (unpaired) electrons. The minimum atomic E-state index is -0.828. The van der Waals surface area contributed by atoms with Gasteiger partial charge >= 0.3 is 11.9 Å². The molecule has 0 aliphatic rings. The first-order valence-corrected chi connectivity index (χ1v) is 11.0. The zero-order valence-corrected chi connectivity index (χ0v) is 19.1. The molecule has 0 fully saturated rings. The quantitative estimate of drug-likeness (QED) is 0.409. The van der Waals surface area contributed by atoms with E-state index in [0.717, 1.165) is 11.3 Å². The maximum absolute atomic E-state index is 12.9. The Bertz CT molecular complexity index is 1450. The first-order chi connectivity index (χ1) is 16.4. The number of thiophene rings is 1. The molecule has 0 saturated heterocycles. The van der Waals surface area contributed by atoms with Crippen LogP contribution in [0.25, 0.3) is 22.3 Å². The van der Waals surface area contributed by atoms with Crippen molar-refractivity contribution in [2.24, 2.45) is 0 Å². The minimum Gasteiger partial charge on any atom is -0.465 e. The summed E-state index contributed by atoms with van der Waals surface area (Å²) in [4.78, 5) is 50.0. The van der Waals surface area contributed by atoms with Crippen molar-refractivity contribution in [3.05, 3.63) is 86.2 Å². The summed E-state index contributed by atoms with van der Waals surface area (Å²) in [5, 5.41) is 4.37. The molecule has 4 aromatic rings. The number of carbonyl (C=O) groups excluding carboxylic acids is 3. The van der Waals surface area contributed by atoms with Gasteiger partial charge in [0.15, 0.2) is 17.6 Å². The molecular formula is C25H19NO7S. The second kappa shape index (κ2) is 9.72. The summed E-state index contributed by atoms with van der Waals surface area (Å²) in [6, 6.07) is 15.2. The van der Waals surface area contributed by atoms with E-state index in [1.807, 2.05) is 18.2 Å². The summed E-state index contributed by atoms with van der Waals surface area (Å²) in [6.45, 7) is 1.06. The van der Waals surface area contributed by atoms with Crippen molar-refractivity contribution in [2.45, 2.75) is 6.92 Å². The molecular weight excluding hydrogens is 458 g/mol. The molecule has 172 valence electrons. The van der Waals surface area contributed by atoms with Gasteiger partial charge in [-0.1, -0.05) is 36.4 Å².